The maximum absolute atomic E-state index is 12.5. The van der Waals surface area contributed by atoms with Gasteiger partial charge in [-0.3, -0.25) is 4.79 Å². The minimum absolute atomic E-state index is 0.0344. The monoisotopic (exact) mass is 325 g/mol. The average molecular weight is 325 g/mol. The van der Waals surface area contributed by atoms with E-state index in [9.17, 15) is 13.2 Å². The Morgan fingerprint density at radius 1 is 0.913 bits per heavy atom. The Hall–Kier alpha value is -2.66. The minimum atomic E-state index is -2.49. The number of hydrogen-bond acceptors (Lipinski definition) is 3. The molecule has 0 spiro atoms. The maximum atomic E-state index is 12.5. The van der Waals surface area contributed by atoms with Gasteiger partial charge in [-0.1, -0.05) is 48.5 Å². The number of benzene rings is 3. The molecule has 0 atom stereocenters. The highest BCUT2D eigenvalue weighted by atomic mass is 32.2. The first-order chi connectivity index (χ1) is 11.1. The summed E-state index contributed by atoms with van der Waals surface area (Å²) in [5.74, 6) is -0.252. The van der Waals surface area contributed by atoms with E-state index in [1.165, 1.54) is 0 Å². The lowest BCUT2D eigenvalue weighted by Gasteiger charge is -2.09. The van der Waals surface area contributed by atoms with Crippen molar-refractivity contribution in [1.29, 1.82) is 0 Å². The fourth-order valence-electron chi connectivity index (χ4n) is 2.52. The van der Waals surface area contributed by atoms with Crippen LogP contribution >= 0.6 is 0 Å². The molecule has 0 heterocycles. The van der Waals surface area contributed by atoms with Crippen LogP contribution in [0.4, 0.5) is 5.69 Å². The lowest BCUT2D eigenvalue weighted by atomic mass is 10.0. The lowest BCUT2D eigenvalue weighted by molar-refractivity contribution is 0.102. The number of rotatable bonds is 4. The van der Waals surface area contributed by atoms with Crippen molar-refractivity contribution in [3.8, 4) is 0 Å². The Morgan fingerprint density at radius 3 is 2.48 bits per heavy atom. The Kier molecular flexibility index (Phi) is 4.39. The second-order valence-electron chi connectivity index (χ2n) is 5.17. The van der Waals surface area contributed by atoms with Crippen molar-refractivity contribution >= 4 is 33.1 Å². The number of amides is 1. The minimum Gasteiger partial charge on any atom is -0.322 e. The van der Waals surface area contributed by atoms with E-state index in [0.29, 0.717) is 16.8 Å². The Balaban J connectivity index is 1.89. The lowest BCUT2D eigenvalue weighted by Crippen LogP contribution is -2.12. The van der Waals surface area contributed by atoms with Gasteiger partial charge in [-0.25, -0.2) is 8.42 Å². The van der Waals surface area contributed by atoms with Gasteiger partial charge in [-0.05, 0) is 34.5 Å². The van der Waals surface area contributed by atoms with Gasteiger partial charge in [0.2, 0.25) is 0 Å². The number of carbonyl (C=O) groups is 1. The Labute approximate surface area is 135 Å². The van der Waals surface area contributed by atoms with E-state index >= 15 is 0 Å². The molecule has 4 nitrogen and oxygen atoms in total. The normalized spacial score (nSPS) is 10.8. The molecule has 0 bridgehead atoms. The molecule has 5 heteroatoms. The SMILES string of the molecule is O=C(Nc1cccc(C[SH](=O)=O)c1)c1cccc2ccccc12. The van der Waals surface area contributed by atoms with Crippen LogP contribution in [0.25, 0.3) is 10.8 Å². The summed E-state index contributed by atoms with van der Waals surface area (Å²) in [5.41, 5.74) is 1.82. The molecule has 3 rings (SSSR count). The van der Waals surface area contributed by atoms with E-state index < -0.39 is 10.7 Å². The van der Waals surface area contributed by atoms with Gasteiger partial charge in [0.1, 0.15) is 10.7 Å². The van der Waals surface area contributed by atoms with Crippen LogP contribution in [0.15, 0.2) is 66.7 Å². The summed E-state index contributed by atoms with van der Waals surface area (Å²) in [7, 11) is -2.49. The molecule has 23 heavy (non-hydrogen) atoms. The summed E-state index contributed by atoms with van der Waals surface area (Å²) < 4.78 is 21.6. The number of carbonyl (C=O) groups excluding carboxylic acids is 1. The van der Waals surface area contributed by atoms with E-state index in [1.807, 2.05) is 36.4 Å². The summed E-state index contributed by atoms with van der Waals surface area (Å²) in [6.07, 6.45) is 0. The predicted octanol–water partition coefficient (Wildman–Crippen LogP) is 3.20. The van der Waals surface area contributed by atoms with Crippen molar-refractivity contribution in [2.45, 2.75) is 5.75 Å². The topological polar surface area (TPSA) is 63.2 Å². The third-order valence-electron chi connectivity index (χ3n) is 3.53. The molecule has 3 aromatic carbocycles. The van der Waals surface area contributed by atoms with Gasteiger partial charge in [0.05, 0.1) is 5.75 Å². The molecule has 3 aromatic rings. The number of thiol groups is 1. The smallest absolute Gasteiger partial charge is 0.256 e. The van der Waals surface area contributed by atoms with Gasteiger partial charge in [0.15, 0.2) is 0 Å². The van der Waals surface area contributed by atoms with Crippen LogP contribution in [0.3, 0.4) is 0 Å². The molecular formula is C18H15NO3S. The summed E-state index contributed by atoms with van der Waals surface area (Å²) in [6, 6.07) is 20.1. The molecule has 0 saturated heterocycles. The first-order valence-corrected chi connectivity index (χ1v) is 8.49. The van der Waals surface area contributed by atoms with Crippen molar-refractivity contribution in [2.75, 3.05) is 5.32 Å². The molecule has 0 aliphatic rings. The second kappa shape index (κ2) is 6.62. The van der Waals surface area contributed by atoms with Crippen LogP contribution in [-0.2, 0) is 16.5 Å². The fraction of sp³-hybridized carbons (Fsp3) is 0.0556. The van der Waals surface area contributed by atoms with Crippen LogP contribution < -0.4 is 5.32 Å². The van der Waals surface area contributed by atoms with Crippen molar-refractivity contribution in [1.82, 2.24) is 0 Å². The molecule has 0 aliphatic carbocycles. The number of fused-ring (bicyclic) bond motifs is 1. The molecular weight excluding hydrogens is 310 g/mol. The summed E-state index contributed by atoms with van der Waals surface area (Å²) >= 11 is 0. The highest BCUT2D eigenvalue weighted by molar-refractivity contribution is 7.71. The van der Waals surface area contributed by atoms with Gasteiger partial charge >= 0.3 is 0 Å². The fourth-order valence-corrected chi connectivity index (χ4v) is 3.01. The van der Waals surface area contributed by atoms with E-state index in [2.05, 4.69) is 5.32 Å². The summed E-state index contributed by atoms with van der Waals surface area (Å²) in [6.45, 7) is 0. The molecule has 0 aromatic heterocycles. The summed E-state index contributed by atoms with van der Waals surface area (Å²) in [5, 5.41) is 4.71. The standard InChI is InChI=1S/C18H15NO3S/c20-18(17-10-4-7-14-6-1-2-9-16(14)17)19-15-8-3-5-13(11-15)12-23(21)22/h1-11,23H,12H2,(H,19,20). The van der Waals surface area contributed by atoms with E-state index in [4.69, 9.17) is 0 Å². The Bertz CT molecular complexity index is 934. The van der Waals surface area contributed by atoms with Crippen LogP contribution in [0.2, 0.25) is 0 Å². The van der Waals surface area contributed by atoms with Gasteiger partial charge in [0.25, 0.3) is 5.91 Å². The van der Waals surface area contributed by atoms with Gasteiger partial charge in [0, 0.05) is 11.3 Å². The molecule has 0 aliphatic heterocycles. The van der Waals surface area contributed by atoms with Crippen LogP contribution in [-0.4, -0.2) is 14.3 Å². The molecule has 0 fully saturated rings. The number of nitrogens with one attached hydrogen (secondary N) is 1. The van der Waals surface area contributed by atoms with Gasteiger partial charge in [-0.2, -0.15) is 0 Å². The highest BCUT2D eigenvalue weighted by Gasteiger charge is 2.10. The molecule has 0 radical (unpaired) electrons. The molecule has 0 saturated carbocycles. The van der Waals surface area contributed by atoms with E-state index in [0.717, 1.165) is 10.8 Å². The van der Waals surface area contributed by atoms with Crippen LogP contribution in [0.5, 0.6) is 0 Å². The zero-order valence-electron chi connectivity index (χ0n) is 12.2. The van der Waals surface area contributed by atoms with Crippen LogP contribution in [0.1, 0.15) is 15.9 Å². The molecule has 0 unspecified atom stereocenters. The van der Waals surface area contributed by atoms with Gasteiger partial charge < -0.3 is 5.32 Å². The molecule has 1 N–H and O–H groups in total. The quantitative estimate of drug-likeness (QED) is 0.724. The zero-order valence-corrected chi connectivity index (χ0v) is 13.1. The molecule has 1 amide bonds. The average Bonchev–Trinajstić information content (AvgIpc) is 2.54. The first kappa shape index (κ1) is 15.2. The van der Waals surface area contributed by atoms with E-state index in [-0.39, 0.29) is 11.7 Å². The van der Waals surface area contributed by atoms with Crippen molar-refractivity contribution in [3.05, 3.63) is 77.9 Å². The zero-order chi connectivity index (χ0) is 16.2. The highest BCUT2D eigenvalue weighted by Crippen LogP contribution is 2.20. The maximum Gasteiger partial charge on any atom is 0.256 e. The van der Waals surface area contributed by atoms with Crippen molar-refractivity contribution < 1.29 is 13.2 Å². The Morgan fingerprint density at radius 2 is 1.65 bits per heavy atom. The predicted molar refractivity (Wildman–Crippen MR) is 92.4 cm³/mol. The summed E-state index contributed by atoms with van der Waals surface area (Å²) in [4.78, 5) is 12.5. The van der Waals surface area contributed by atoms with Crippen molar-refractivity contribution in [2.24, 2.45) is 0 Å². The third kappa shape index (κ3) is 3.57. The van der Waals surface area contributed by atoms with Crippen molar-refractivity contribution in [3.63, 3.8) is 0 Å². The third-order valence-corrected chi connectivity index (χ3v) is 4.15. The first-order valence-electron chi connectivity index (χ1n) is 7.13. The largest absolute Gasteiger partial charge is 0.322 e. The number of anilines is 1. The van der Waals surface area contributed by atoms with Crippen LogP contribution in [0, 0.1) is 0 Å². The van der Waals surface area contributed by atoms with E-state index in [1.54, 1.807) is 30.3 Å². The molecule has 116 valence electrons. The van der Waals surface area contributed by atoms with Gasteiger partial charge in [-0.15, -0.1) is 0 Å². The number of hydrogen-bond donors (Lipinski definition) is 2. The second-order valence-corrected chi connectivity index (χ2v) is 6.15.